The molecule has 7 nitrogen and oxygen atoms in total. The fraction of sp³-hybridized carbons (Fsp3) is 0.786. The van der Waals surface area contributed by atoms with Gasteiger partial charge in [-0.2, -0.15) is 0 Å². The van der Waals surface area contributed by atoms with Gasteiger partial charge in [0.2, 0.25) is 17.7 Å². The number of aromatic nitrogens is 2. The highest BCUT2D eigenvalue weighted by Crippen LogP contribution is 2.11. The van der Waals surface area contributed by atoms with E-state index in [0.29, 0.717) is 37.3 Å². The summed E-state index contributed by atoms with van der Waals surface area (Å²) in [6, 6.07) is 0.477. The van der Waals surface area contributed by atoms with Crippen LogP contribution in [0.2, 0.25) is 0 Å². The zero-order valence-corrected chi connectivity index (χ0v) is 13.0. The molecule has 1 aromatic heterocycles. The van der Waals surface area contributed by atoms with Gasteiger partial charge in [0.15, 0.2) is 0 Å². The molecule has 1 saturated heterocycles. The van der Waals surface area contributed by atoms with Gasteiger partial charge in [0.05, 0.1) is 25.7 Å². The van der Waals surface area contributed by atoms with Crippen LogP contribution in [0.3, 0.4) is 0 Å². The van der Waals surface area contributed by atoms with Crippen LogP contribution in [0.15, 0.2) is 4.42 Å². The molecule has 1 aliphatic rings. The number of hydrogen-bond donors (Lipinski definition) is 1. The van der Waals surface area contributed by atoms with Crippen LogP contribution >= 0.6 is 0 Å². The van der Waals surface area contributed by atoms with Crippen molar-refractivity contribution < 1.29 is 13.9 Å². The van der Waals surface area contributed by atoms with Crippen molar-refractivity contribution in [2.75, 3.05) is 19.7 Å². The van der Waals surface area contributed by atoms with Crippen LogP contribution in [-0.2, 0) is 22.5 Å². The Morgan fingerprint density at radius 1 is 1.43 bits per heavy atom. The van der Waals surface area contributed by atoms with Gasteiger partial charge in [0.1, 0.15) is 0 Å². The standard InChI is InChI=1S/C14H24N4O3/c1-4-13-16-17-14(21-13)8-15-12(19)7-11-9-18(10(2)3)5-6-20-11/h10-11H,4-9H2,1-3H3,(H,15,19). The van der Waals surface area contributed by atoms with Gasteiger partial charge in [-0.25, -0.2) is 0 Å². The third-order valence-corrected chi connectivity index (χ3v) is 3.56. The van der Waals surface area contributed by atoms with Crippen molar-refractivity contribution in [2.24, 2.45) is 0 Å². The lowest BCUT2D eigenvalue weighted by atomic mass is 10.1. The molecular weight excluding hydrogens is 272 g/mol. The highest BCUT2D eigenvalue weighted by atomic mass is 16.5. The second-order valence-corrected chi connectivity index (χ2v) is 5.51. The Kier molecular flexibility index (Phi) is 5.69. The minimum atomic E-state index is -0.0538. The van der Waals surface area contributed by atoms with Gasteiger partial charge in [-0.05, 0) is 13.8 Å². The van der Waals surface area contributed by atoms with Crippen LogP contribution < -0.4 is 5.32 Å². The second kappa shape index (κ2) is 7.51. The minimum Gasteiger partial charge on any atom is -0.423 e. The molecule has 1 fully saturated rings. The van der Waals surface area contributed by atoms with Crippen molar-refractivity contribution in [2.45, 2.75) is 52.3 Å². The van der Waals surface area contributed by atoms with Gasteiger partial charge >= 0.3 is 0 Å². The molecule has 1 unspecified atom stereocenters. The van der Waals surface area contributed by atoms with Crippen LogP contribution in [0, 0.1) is 0 Å². The van der Waals surface area contributed by atoms with Crippen molar-refractivity contribution in [1.29, 1.82) is 0 Å². The Morgan fingerprint density at radius 2 is 2.19 bits per heavy atom. The molecule has 1 atom stereocenters. The van der Waals surface area contributed by atoms with Crippen molar-refractivity contribution in [3.05, 3.63) is 11.8 Å². The lowest BCUT2D eigenvalue weighted by Crippen LogP contribution is -2.47. The third-order valence-electron chi connectivity index (χ3n) is 3.56. The first-order valence-electron chi connectivity index (χ1n) is 7.52. The highest BCUT2D eigenvalue weighted by molar-refractivity contribution is 5.76. The monoisotopic (exact) mass is 296 g/mol. The molecule has 0 aromatic carbocycles. The maximum absolute atomic E-state index is 11.9. The number of hydrogen-bond acceptors (Lipinski definition) is 6. The Morgan fingerprint density at radius 3 is 2.86 bits per heavy atom. The molecule has 0 aliphatic carbocycles. The Hall–Kier alpha value is -1.47. The number of ether oxygens (including phenoxy) is 1. The van der Waals surface area contributed by atoms with Crippen LogP contribution in [0.1, 0.15) is 39.0 Å². The van der Waals surface area contributed by atoms with Crippen LogP contribution in [0.25, 0.3) is 0 Å². The Balaban J connectivity index is 1.73. The van der Waals surface area contributed by atoms with Crippen molar-refractivity contribution in [1.82, 2.24) is 20.4 Å². The molecule has 2 heterocycles. The van der Waals surface area contributed by atoms with Crippen LogP contribution in [0.5, 0.6) is 0 Å². The van der Waals surface area contributed by atoms with E-state index in [2.05, 4.69) is 34.3 Å². The zero-order chi connectivity index (χ0) is 15.2. The van der Waals surface area contributed by atoms with Gasteiger partial charge in [-0.1, -0.05) is 6.92 Å². The quantitative estimate of drug-likeness (QED) is 0.834. The topological polar surface area (TPSA) is 80.5 Å². The fourth-order valence-corrected chi connectivity index (χ4v) is 2.29. The number of amides is 1. The van der Waals surface area contributed by atoms with Crippen LogP contribution in [-0.4, -0.2) is 52.8 Å². The number of carbonyl (C=O) groups is 1. The summed E-state index contributed by atoms with van der Waals surface area (Å²) < 4.78 is 11.0. The summed E-state index contributed by atoms with van der Waals surface area (Å²) in [5, 5.41) is 10.5. The number of rotatable bonds is 6. The maximum atomic E-state index is 11.9. The van der Waals surface area contributed by atoms with E-state index in [-0.39, 0.29) is 18.6 Å². The molecule has 1 N–H and O–H groups in total. The lowest BCUT2D eigenvalue weighted by molar-refractivity contribution is -0.126. The van der Waals surface area contributed by atoms with Gasteiger partial charge in [-0.15, -0.1) is 10.2 Å². The maximum Gasteiger partial charge on any atom is 0.235 e. The van der Waals surface area contributed by atoms with Crippen molar-refractivity contribution >= 4 is 5.91 Å². The van der Waals surface area contributed by atoms with E-state index in [1.54, 1.807) is 0 Å². The highest BCUT2D eigenvalue weighted by Gasteiger charge is 2.24. The third kappa shape index (κ3) is 4.78. The lowest BCUT2D eigenvalue weighted by Gasteiger charge is -2.35. The molecular formula is C14H24N4O3. The van der Waals surface area contributed by atoms with E-state index >= 15 is 0 Å². The van der Waals surface area contributed by atoms with E-state index < -0.39 is 0 Å². The minimum absolute atomic E-state index is 0.0463. The molecule has 118 valence electrons. The van der Waals surface area contributed by atoms with Gasteiger partial charge in [0.25, 0.3) is 0 Å². The first-order valence-corrected chi connectivity index (χ1v) is 7.52. The summed E-state index contributed by atoms with van der Waals surface area (Å²) in [5.74, 6) is 0.970. The van der Waals surface area contributed by atoms with E-state index in [9.17, 15) is 4.79 Å². The Labute approximate surface area is 125 Å². The summed E-state index contributed by atoms with van der Waals surface area (Å²) in [5.41, 5.74) is 0. The fourth-order valence-electron chi connectivity index (χ4n) is 2.29. The number of nitrogens with zero attached hydrogens (tertiary/aromatic N) is 3. The molecule has 1 aromatic rings. The average Bonchev–Trinajstić information content (AvgIpc) is 2.93. The summed E-state index contributed by atoms with van der Waals surface area (Å²) in [4.78, 5) is 14.3. The zero-order valence-electron chi connectivity index (χ0n) is 13.0. The number of carbonyl (C=O) groups excluding carboxylic acids is 1. The number of aryl methyl sites for hydroxylation is 1. The number of nitrogens with one attached hydrogen (secondary N) is 1. The molecule has 2 rings (SSSR count). The molecule has 1 amide bonds. The molecule has 0 bridgehead atoms. The average molecular weight is 296 g/mol. The normalized spacial score (nSPS) is 19.9. The number of morpholine rings is 1. The Bertz CT molecular complexity index is 461. The van der Waals surface area contributed by atoms with E-state index in [1.807, 2.05) is 6.92 Å². The van der Waals surface area contributed by atoms with Crippen LogP contribution in [0.4, 0.5) is 0 Å². The van der Waals surface area contributed by atoms with E-state index in [0.717, 1.165) is 13.1 Å². The van der Waals surface area contributed by atoms with Crippen molar-refractivity contribution in [3.63, 3.8) is 0 Å². The molecule has 21 heavy (non-hydrogen) atoms. The predicted molar refractivity (Wildman–Crippen MR) is 76.6 cm³/mol. The summed E-state index contributed by atoms with van der Waals surface area (Å²) in [6.45, 7) is 8.93. The smallest absolute Gasteiger partial charge is 0.235 e. The largest absolute Gasteiger partial charge is 0.423 e. The van der Waals surface area contributed by atoms with E-state index in [1.165, 1.54) is 0 Å². The van der Waals surface area contributed by atoms with Gasteiger partial charge in [0, 0.05) is 25.6 Å². The van der Waals surface area contributed by atoms with Gasteiger partial charge in [-0.3, -0.25) is 9.69 Å². The van der Waals surface area contributed by atoms with Gasteiger partial charge < -0.3 is 14.5 Å². The SMILES string of the molecule is CCc1nnc(CNC(=O)CC2CN(C(C)C)CCO2)o1. The summed E-state index contributed by atoms with van der Waals surface area (Å²) >= 11 is 0. The molecule has 0 saturated carbocycles. The molecule has 0 radical (unpaired) electrons. The summed E-state index contributed by atoms with van der Waals surface area (Å²) in [7, 11) is 0. The first kappa shape index (κ1) is 15.9. The molecule has 1 aliphatic heterocycles. The molecule has 0 spiro atoms. The predicted octanol–water partition coefficient (Wildman–Crippen LogP) is 0.748. The van der Waals surface area contributed by atoms with E-state index in [4.69, 9.17) is 9.15 Å². The van der Waals surface area contributed by atoms with Crippen molar-refractivity contribution in [3.8, 4) is 0 Å². The second-order valence-electron chi connectivity index (χ2n) is 5.51. The summed E-state index contributed by atoms with van der Waals surface area (Å²) in [6.07, 6.45) is 1.01. The first-order chi connectivity index (χ1) is 10.1. The molecule has 7 heteroatoms.